The standard InChI is InChI=1S/C37H72NO5P/c1-3-5-7-9-11-13-15-17-18-19-21-23-25-27-29-31-35(40)33(37(43)44-38-34(32-39)36(41)42)30-28-26-24-22-20-16-14-12-10-8-6-4-2/h33-34,38-39,44H,3-32H2,1-2H3,(H,41,42). The zero-order valence-corrected chi connectivity index (χ0v) is 30.0. The topological polar surface area (TPSA) is 104 Å². The number of aliphatic hydroxyl groups is 1. The maximum Gasteiger partial charge on any atom is 0.323 e. The van der Waals surface area contributed by atoms with Gasteiger partial charge in [-0.2, -0.15) is 0 Å². The Labute approximate surface area is 273 Å². The second kappa shape index (κ2) is 33.5. The molecule has 0 aliphatic carbocycles. The molecule has 0 aromatic carbocycles. The molecule has 0 rings (SSSR count). The van der Waals surface area contributed by atoms with Gasteiger partial charge in [-0.15, -0.1) is 0 Å². The highest BCUT2D eigenvalue weighted by Crippen LogP contribution is 2.25. The van der Waals surface area contributed by atoms with Crippen molar-refractivity contribution in [2.75, 3.05) is 6.61 Å². The molecule has 0 aliphatic heterocycles. The van der Waals surface area contributed by atoms with E-state index in [1.54, 1.807) is 0 Å². The fourth-order valence-corrected chi connectivity index (χ4v) is 6.91. The van der Waals surface area contributed by atoms with E-state index >= 15 is 0 Å². The predicted octanol–water partition coefficient (Wildman–Crippen LogP) is 10.7. The largest absolute Gasteiger partial charge is 0.480 e. The minimum absolute atomic E-state index is 0.0120. The number of carboxylic acids is 1. The minimum Gasteiger partial charge on any atom is -0.480 e. The zero-order valence-electron chi connectivity index (χ0n) is 29.0. The van der Waals surface area contributed by atoms with Crippen LogP contribution >= 0.6 is 8.73 Å². The van der Waals surface area contributed by atoms with E-state index in [0.717, 1.165) is 38.5 Å². The quantitative estimate of drug-likeness (QED) is 0.0357. The fourth-order valence-electron chi connectivity index (χ4n) is 5.90. The van der Waals surface area contributed by atoms with Gasteiger partial charge in [-0.25, -0.2) is 0 Å². The van der Waals surface area contributed by atoms with Crippen LogP contribution in [0.2, 0.25) is 0 Å². The molecule has 0 amide bonds. The van der Waals surface area contributed by atoms with Crippen LogP contribution in [0.3, 0.4) is 0 Å². The Morgan fingerprint density at radius 3 is 1.23 bits per heavy atom. The number of carbonyl (C=O) groups excluding carboxylic acids is 2. The average Bonchev–Trinajstić information content (AvgIpc) is 3.01. The predicted molar refractivity (Wildman–Crippen MR) is 189 cm³/mol. The second-order valence-corrected chi connectivity index (χ2v) is 14.1. The van der Waals surface area contributed by atoms with Gasteiger partial charge in [-0.05, 0) is 12.8 Å². The molecule has 0 saturated heterocycles. The monoisotopic (exact) mass is 642 g/mol. The van der Waals surface area contributed by atoms with Gasteiger partial charge >= 0.3 is 5.97 Å². The van der Waals surface area contributed by atoms with Crippen LogP contribution in [0.15, 0.2) is 0 Å². The molecular formula is C37H72NO5P. The number of aliphatic carboxylic acids is 1. The molecule has 0 fully saturated rings. The summed E-state index contributed by atoms with van der Waals surface area (Å²) < 4.78 is 0. The second-order valence-electron chi connectivity index (χ2n) is 13.1. The molecule has 3 atom stereocenters. The molecule has 0 aromatic heterocycles. The number of hydrogen-bond donors (Lipinski definition) is 3. The van der Waals surface area contributed by atoms with Crippen LogP contribution in [0.4, 0.5) is 0 Å². The normalized spacial score (nSPS) is 13.1. The van der Waals surface area contributed by atoms with Crippen molar-refractivity contribution in [2.24, 2.45) is 5.92 Å². The number of Topliss-reactive ketones (excluding diaryl/α,β-unsaturated/α-hetero) is 1. The zero-order chi connectivity index (χ0) is 32.5. The molecule has 0 radical (unpaired) electrons. The van der Waals surface area contributed by atoms with Crippen molar-refractivity contribution in [1.29, 1.82) is 0 Å². The van der Waals surface area contributed by atoms with E-state index in [9.17, 15) is 19.5 Å². The first-order chi connectivity index (χ1) is 21.5. The summed E-state index contributed by atoms with van der Waals surface area (Å²) in [6.45, 7) is 3.94. The SMILES string of the molecule is CCCCCCCCCCCCCCCCCC(=O)C(CCCCCCCCCCCCCC)C(=O)PNC(CO)C(=O)O. The number of unbranched alkanes of at least 4 members (excludes halogenated alkanes) is 25. The molecule has 0 aliphatic rings. The lowest BCUT2D eigenvalue weighted by atomic mass is 9.93. The molecule has 0 spiro atoms. The Balaban J connectivity index is 4.20. The molecule has 0 heterocycles. The highest BCUT2D eigenvalue weighted by molar-refractivity contribution is 7.56. The van der Waals surface area contributed by atoms with Crippen LogP contribution < -0.4 is 5.09 Å². The van der Waals surface area contributed by atoms with Gasteiger partial charge in [0.25, 0.3) is 0 Å². The molecular weight excluding hydrogens is 569 g/mol. The van der Waals surface area contributed by atoms with Crippen molar-refractivity contribution >= 4 is 26.0 Å². The molecule has 3 N–H and O–H groups in total. The van der Waals surface area contributed by atoms with Gasteiger partial charge in [-0.3, -0.25) is 19.5 Å². The number of hydrogen-bond acceptors (Lipinski definition) is 5. The third-order valence-corrected chi connectivity index (χ3v) is 10.0. The van der Waals surface area contributed by atoms with Crippen molar-refractivity contribution < 1.29 is 24.6 Å². The Hall–Kier alpha value is -0.840. The van der Waals surface area contributed by atoms with Gasteiger partial charge < -0.3 is 10.2 Å². The van der Waals surface area contributed by atoms with Crippen molar-refractivity contribution in [2.45, 2.75) is 206 Å². The summed E-state index contributed by atoms with van der Waals surface area (Å²) >= 11 is 0. The highest BCUT2D eigenvalue weighted by Gasteiger charge is 2.27. The summed E-state index contributed by atoms with van der Waals surface area (Å²) in [7, 11) is -0.476. The van der Waals surface area contributed by atoms with Crippen LogP contribution in [0.5, 0.6) is 0 Å². The summed E-state index contributed by atoms with van der Waals surface area (Å²) in [5, 5.41) is 21.1. The smallest absolute Gasteiger partial charge is 0.323 e. The average molecular weight is 642 g/mol. The number of carboxylic acid groups (broad SMARTS) is 1. The first-order valence-electron chi connectivity index (χ1n) is 18.9. The van der Waals surface area contributed by atoms with Crippen LogP contribution in [0.25, 0.3) is 0 Å². The number of rotatable bonds is 36. The Kier molecular flexibility index (Phi) is 32.9. The third kappa shape index (κ3) is 27.5. The lowest BCUT2D eigenvalue weighted by Crippen LogP contribution is -2.36. The van der Waals surface area contributed by atoms with Crippen molar-refractivity contribution in [3.63, 3.8) is 0 Å². The number of aliphatic hydroxyl groups excluding tert-OH is 1. The van der Waals surface area contributed by atoms with E-state index in [1.165, 1.54) is 135 Å². The summed E-state index contributed by atoms with van der Waals surface area (Å²) in [5.41, 5.74) is -0.210. The molecule has 260 valence electrons. The Morgan fingerprint density at radius 2 is 0.886 bits per heavy atom. The van der Waals surface area contributed by atoms with E-state index in [2.05, 4.69) is 18.9 Å². The number of carbonyl (C=O) groups is 3. The molecule has 0 saturated carbocycles. The lowest BCUT2D eigenvalue weighted by Gasteiger charge is -2.17. The van der Waals surface area contributed by atoms with Crippen molar-refractivity contribution in [3.05, 3.63) is 0 Å². The van der Waals surface area contributed by atoms with Gasteiger partial charge in [-0.1, -0.05) is 181 Å². The van der Waals surface area contributed by atoms with Crippen LogP contribution in [0.1, 0.15) is 200 Å². The summed E-state index contributed by atoms with van der Waals surface area (Å²) in [4.78, 5) is 37.3. The van der Waals surface area contributed by atoms with Crippen LogP contribution in [0, 0.1) is 5.92 Å². The molecule has 0 bridgehead atoms. The summed E-state index contributed by atoms with van der Waals surface area (Å²) in [6.07, 6.45) is 34.9. The number of ketones is 1. The first-order valence-corrected chi connectivity index (χ1v) is 19.9. The van der Waals surface area contributed by atoms with E-state index in [1.807, 2.05) is 0 Å². The Morgan fingerprint density at radius 1 is 0.545 bits per heavy atom. The first kappa shape index (κ1) is 43.2. The van der Waals surface area contributed by atoms with Crippen molar-refractivity contribution in [3.8, 4) is 0 Å². The third-order valence-electron chi connectivity index (χ3n) is 8.93. The Bertz CT molecular complexity index is 674. The maximum atomic E-state index is 13.1. The van der Waals surface area contributed by atoms with E-state index in [-0.39, 0.29) is 11.3 Å². The molecule has 7 heteroatoms. The van der Waals surface area contributed by atoms with Crippen LogP contribution in [-0.4, -0.2) is 40.1 Å². The fraction of sp³-hybridized carbons (Fsp3) is 0.919. The van der Waals surface area contributed by atoms with Crippen molar-refractivity contribution in [1.82, 2.24) is 5.09 Å². The molecule has 44 heavy (non-hydrogen) atoms. The summed E-state index contributed by atoms with van der Waals surface area (Å²) in [5.74, 6) is -1.82. The van der Waals surface area contributed by atoms with E-state index in [4.69, 9.17) is 5.11 Å². The van der Waals surface area contributed by atoms with Gasteiger partial charge in [0.15, 0.2) is 5.52 Å². The lowest BCUT2D eigenvalue weighted by molar-refractivity contribution is -0.139. The highest BCUT2D eigenvalue weighted by atomic mass is 31.1. The van der Waals surface area contributed by atoms with Gasteiger partial charge in [0.2, 0.25) is 0 Å². The van der Waals surface area contributed by atoms with Gasteiger partial charge in [0, 0.05) is 15.2 Å². The van der Waals surface area contributed by atoms with E-state index < -0.39 is 33.3 Å². The number of nitrogens with one attached hydrogen (secondary N) is 1. The van der Waals surface area contributed by atoms with Crippen LogP contribution in [-0.2, 0) is 14.4 Å². The van der Waals surface area contributed by atoms with Gasteiger partial charge in [0.1, 0.15) is 11.8 Å². The molecule has 3 unspecified atom stereocenters. The maximum absolute atomic E-state index is 13.1. The molecule has 0 aromatic rings. The minimum atomic E-state index is -1.19. The summed E-state index contributed by atoms with van der Waals surface area (Å²) in [6, 6.07) is -1.17. The van der Waals surface area contributed by atoms with Gasteiger partial charge in [0.05, 0.1) is 12.5 Å². The van der Waals surface area contributed by atoms with E-state index in [0.29, 0.717) is 12.8 Å². The molecule has 6 nitrogen and oxygen atoms in total.